The molecule has 0 amide bonds. The number of hydrogen-bond acceptors (Lipinski definition) is 3. The van der Waals surface area contributed by atoms with Gasteiger partial charge in [-0.1, -0.05) is 18.9 Å². The van der Waals surface area contributed by atoms with Gasteiger partial charge in [-0.3, -0.25) is 4.79 Å². The Morgan fingerprint density at radius 2 is 2.33 bits per heavy atom. The molecule has 9 heavy (non-hydrogen) atoms. The van der Waals surface area contributed by atoms with Crippen LogP contribution in [0, 0.1) is 0 Å². The molecule has 0 saturated heterocycles. The Kier molecular flexibility index (Phi) is 4.53. The van der Waals surface area contributed by atoms with E-state index in [1.54, 1.807) is 4.31 Å². The fourth-order valence-corrected chi connectivity index (χ4v) is 0.954. The number of nitrogens with zero attached hydrogens (tertiary/aromatic N) is 1. The van der Waals surface area contributed by atoms with E-state index < -0.39 is 5.97 Å². The lowest BCUT2D eigenvalue weighted by Crippen LogP contribution is -2.22. The summed E-state index contributed by atoms with van der Waals surface area (Å²) in [7, 11) is 0. The summed E-state index contributed by atoms with van der Waals surface area (Å²) in [5, 5.41) is 8.29. The summed E-state index contributed by atoms with van der Waals surface area (Å²) in [4.78, 5) is 10.1. The number of hydrogen-bond donors (Lipinski definition) is 1. The first-order valence-electron chi connectivity index (χ1n) is 2.71. The molecular weight excluding hydrogens is 138 g/mol. The zero-order chi connectivity index (χ0) is 7.28. The Labute approximate surface area is 59.2 Å². The van der Waals surface area contributed by atoms with Crippen LogP contribution in [0.4, 0.5) is 0 Å². The average Bonchev–Trinajstić information content (AvgIpc) is 1.82. The van der Waals surface area contributed by atoms with E-state index >= 15 is 0 Å². The lowest BCUT2D eigenvalue weighted by atomic mass is 10.6. The van der Waals surface area contributed by atoms with E-state index in [2.05, 4.69) is 0 Å². The maximum absolute atomic E-state index is 10.1. The van der Waals surface area contributed by atoms with Crippen LogP contribution in [0.25, 0.3) is 0 Å². The van der Waals surface area contributed by atoms with Crippen molar-refractivity contribution in [2.75, 3.05) is 19.3 Å². The molecular formula is C5H11NO2S. The summed E-state index contributed by atoms with van der Waals surface area (Å²) in [6.45, 7) is 2.82. The molecule has 3 nitrogen and oxygen atoms in total. The molecule has 0 fully saturated rings. The van der Waals surface area contributed by atoms with Crippen molar-refractivity contribution in [1.29, 1.82) is 0 Å². The summed E-state index contributed by atoms with van der Waals surface area (Å²) in [5.41, 5.74) is 0. The summed E-state index contributed by atoms with van der Waals surface area (Å²) >= 11 is 1.45. The first kappa shape index (κ1) is 8.78. The molecule has 0 saturated carbocycles. The van der Waals surface area contributed by atoms with Gasteiger partial charge in [-0.2, -0.15) is 0 Å². The molecule has 0 aliphatic heterocycles. The average molecular weight is 149 g/mol. The van der Waals surface area contributed by atoms with Crippen LogP contribution in [-0.4, -0.2) is 34.7 Å². The molecule has 0 aromatic carbocycles. The summed E-state index contributed by atoms with van der Waals surface area (Å²) in [6.07, 6.45) is 1.87. The molecule has 0 spiro atoms. The maximum Gasteiger partial charge on any atom is 0.318 e. The topological polar surface area (TPSA) is 40.5 Å². The van der Waals surface area contributed by atoms with Gasteiger partial charge in [-0.25, -0.2) is 4.31 Å². The molecule has 0 aliphatic rings. The van der Waals surface area contributed by atoms with Crippen LogP contribution in [0.15, 0.2) is 0 Å². The largest absolute Gasteiger partial charge is 0.480 e. The number of carboxylic acid groups (broad SMARTS) is 1. The zero-order valence-electron chi connectivity index (χ0n) is 5.63. The van der Waals surface area contributed by atoms with Gasteiger partial charge in [0.15, 0.2) is 0 Å². The van der Waals surface area contributed by atoms with E-state index in [-0.39, 0.29) is 6.54 Å². The highest BCUT2D eigenvalue weighted by molar-refractivity contribution is 7.96. The minimum absolute atomic E-state index is 0.123. The van der Waals surface area contributed by atoms with Gasteiger partial charge >= 0.3 is 5.97 Å². The van der Waals surface area contributed by atoms with Gasteiger partial charge in [0.25, 0.3) is 0 Å². The predicted octanol–water partition coefficient (Wildman–Crippen LogP) is 0.671. The summed E-state index contributed by atoms with van der Waals surface area (Å²) in [5.74, 6) is -0.772. The van der Waals surface area contributed by atoms with Gasteiger partial charge in [-0.15, -0.1) is 0 Å². The van der Waals surface area contributed by atoms with Crippen LogP contribution >= 0.6 is 11.9 Å². The molecule has 0 rings (SSSR count). The Morgan fingerprint density at radius 3 is 2.44 bits per heavy atom. The highest BCUT2D eigenvalue weighted by Crippen LogP contribution is 2.01. The van der Waals surface area contributed by atoms with Crippen LogP contribution in [0.3, 0.4) is 0 Å². The number of likely N-dealkylation sites (N-methyl/N-ethyl adjacent to an activating group) is 1. The molecule has 0 aliphatic carbocycles. The molecule has 4 heteroatoms. The Hall–Kier alpha value is -0.220. The van der Waals surface area contributed by atoms with Crippen LogP contribution in [0.2, 0.25) is 0 Å². The van der Waals surface area contributed by atoms with Crippen molar-refractivity contribution in [2.45, 2.75) is 6.92 Å². The Bertz CT molecular complexity index is 93.0. The van der Waals surface area contributed by atoms with Crippen LogP contribution in [0.1, 0.15) is 6.92 Å². The van der Waals surface area contributed by atoms with E-state index in [1.807, 2.05) is 13.2 Å². The van der Waals surface area contributed by atoms with E-state index in [0.717, 1.165) is 6.54 Å². The highest BCUT2D eigenvalue weighted by atomic mass is 32.2. The Balaban J connectivity index is 3.43. The van der Waals surface area contributed by atoms with Crippen LogP contribution in [0.5, 0.6) is 0 Å². The third kappa shape index (κ3) is 4.29. The Morgan fingerprint density at radius 1 is 1.78 bits per heavy atom. The standard InChI is InChI=1S/C5H11NO2S/c1-3-6(9-2)4-5(7)8/h3-4H2,1-2H3,(H,7,8). The maximum atomic E-state index is 10.1. The van der Waals surface area contributed by atoms with Gasteiger partial charge in [-0.05, 0) is 6.26 Å². The van der Waals surface area contributed by atoms with Crippen LogP contribution in [-0.2, 0) is 4.79 Å². The SMILES string of the molecule is CCN(CC(=O)O)SC. The number of carboxylic acids is 1. The molecule has 1 N–H and O–H groups in total. The third-order valence-corrected chi connectivity index (χ3v) is 1.83. The van der Waals surface area contributed by atoms with Gasteiger partial charge in [0.05, 0.1) is 0 Å². The second-order valence-corrected chi connectivity index (χ2v) is 2.41. The molecule has 0 aromatic heterocycles. The normalized spacial score (nSPS) is 10.1. The molecule has 54 valence electrons. The van der Waals surface area contributed by atoms with Gasteiger partial charge in [0.1, 0.15) is 6.54 Å². The molecule has 0 heterocycles. The fraction of sp³-hybridized carbons (Fsp3) is 0.800. The van der Waals surface area contributed by atoms with Crippen LogP contribution < -0.4 is 0 Å². The lowest BCUT2D eigenvalue weighted by molar-refractivity contribution is -0.137. The molecule has 0 unspecified atom stereocenters. The lowest BCUT2D eigenvalue weighted by Gasteiger charge is -2.12. The van der Waals surface area contributed by atoms with E-state index in [0.29, 0.717) is 0 Å². The molecule has 0 bridgehead atoms. The van der Waals surface area contributed by atoms with Crippen molar-refractivity contribution in [3.8, 4) is 0 Å². The number of rotatable bonds is 4. The van der Waals surface area contributed by atoms with Crippen molar-refractivity contribution >= 4 is 17.9 Å². The van der Waals surface area contributed by atoms with Crippen molar-refractivity contribution < 1.29 is 9.90 Å². The first-order chi connectivity index (χ1) is 4.20. The monoisotopic (exact) mass is 149 g/mol. The molecule has 0 aromatic rings. The summed E-state index contributed by atoms with van der Waals surface area (Å²) < 4.78 is 1.77. The van der Waals surface area contributed by atoms with Gasteiger partial charge in [0.2, 0.25) is 0 Å². The predicted molar refractivity (Wildman–Crippen MR) is 38.4 cm³/mol. The van der Waals surface area contributed by atoms with Crippen molar-refractivity contribution in [2.24, 2.45) is 0 Å². The highest BCUT2D eigenvalue weighted by Gasteiger charge is 2.03. The molecule has 0 atom stereocenters. The minimum Gasteiger partial charge on any atom is -0.480 e. The van der Waals surface area contributed by atoms with E-state index in [1.165, 1.54) is 11.9 Å². The van der Waals surface area contributed by atoms with Gasteiger partial charge < -0.3 is 5.11 Å². The fourth-order valence-electron chi connectivity index (χ4n) is 0.456. The van der Waals surface area contributed by atoms with Crippen molar-refractivity contribution in [3.05, 3.63) is 0 Å². The van der Waals surface area contributed by atoms with E-state index in [4.69, 9.17) is 5.11 Å². The quantitative estimate of drug-likeness (QED) is 0.596. The van der Waals surface area contributed by atoms with Crippen molar-refractivity contribution in [3.63, 3.8) is 0 Å². The summed E-state index contributed by atoms with van der Waals surface area (Å²) in [6, 6.07) is 0. The zero-order valence-corrected chi connectivity index (χ0v) is 6.44. The minimum atomic E-state index is -0.772. The smallest absolute Gasteiger partial charge is 0.318 e. The second kappa shape index (κ2) is 4.64. The number of carbonyl (C=O) groups is 1. The van der Waals surface area contributed by atoms with Gasteiger partial charge in [0, 0.05) is 6.54 Å². The van der Waals surface area contributed by atoms with E-state index in [9.17, 15) is 4.79 Å². The number of aliphatic carboxylic acids is 1. The first-order valence-corrected chi connectivity index (χ1v) is 3.89. The second-order valence-electron chi connectivity index (χ2n) is 1.53. The molecule has 0 radical (unpaired) electrons. The van der Waals surface area contributed by atoms with Crippen molar-refractivity contribution in [1.82, 2.24) is 4.31 Å². The third-order valence-electron chi connectivity index (χ3n) is 0.923.